The first-order valence-electron chi connectivity index (χ1n) is 9.77. The van der Waals surface area contributed by atoms with Gasteiger partial charge in [-0.3, -0.25) is 0 Å². The average molecular weight is 439 g/mol. The third-order valence-corrected chi connectivity index (χ3v) is 7.23. The smallest absolute Gasteiger partial charge is 0.247 e. The summed E-state index contributed by atoms with van der Waals surface area (Å²) >= 11 is 6.24. The van der Waals surface area contributed by atoms with Crippen molar-refractivity contribution in [3.05, 3.63) is 47.0 Å². The molecule has 0 aromatic heterocycles. The Hall–Kier alpha value is -1.96. The van der Waals surface area contributed by atoms with Crippen molar-refractivity contribution in [1.82, 2.24) is 4.31 Å². The average Bonchev–Trinajstić information content (AvgIpc) is 2.71. The molecule has 2 aromatic rings. The first-order valence-corrected chi connectivity index (χ1v) is 11.6. The molecule has 0 unspecified atom stereocenters. The van der Waals surface area contributed by atoms with E-state index in [1.165, 1.54) is 4.31 Å². The van der Waals surface area contributed by atoms with Gasteiger partial charge < -0.3 is 14.4 Å². The number of rotatable bonds is 7. The van der Waals surface area contributed by atoms with Gasteiger partial charge in [-0.15, -0.1) is 0 Å². The predicted octanol–water partition coefficient (Wildman–Crippen LogP) is 3.96. The molecule has 2 aromatic carbocycles. The fourth-order valence-corrected chi connectivity index (χ4v) is 5.07. The number of hydrogen-bond donors (Lipinski definition) is 0. The van der Waals surface area contributed by atoms with Crippen LogP contribution in [0.2, 0.25) is 5.02 Å². The van der Waals surface area contributed by atoms with Crippen LogP contribution in [0.15, 0.2) is 41.3 Å². The number of aryl methyl sites for hydroxylation is 1. The SMILES string of the molecule is CCOc1ccc(OCC)c(S(=O)(=O)N2CCN(c3ccc(C)c(Cl)c3)CC2)c1. The quantitative estimate of drug-likeness (QED) is 0.654. The van der Waals surface area contributed by atoms with Crippen LogP contribution in [0.3, 0.4) is 0 Å². The number of sulfonamides is 1. The van der Waals surface area contributed by atoms with Crippen LogP contribution in [-0.2, 0) is 10.0 Å². The highest BCUT2D eigenvalue weighted by Crippen LogP contribution is 2.32. The molecule has 0 saturated carbocycles. The lowest BCUT2D eigenvalue weighted by atomic mass is 10.2. The normalized spacial score (nSPS) is 15.4. The molecule has 1 fully saturated rings. The van der Waals surface area contributed by atoms with Gasteiger partial charge in [0, 0.05) is 43.0 Å². The van der Waals surface area contributed by atoms with Gasteiger partial charge in [0.05, 0.1) is 13.2 Å². The van der Waals surface area contributed by atoms with E-state index in [1.54, 1.807) is 18.2 Å². The topological polar surface area (TPSA) is 59.1 Å². The summed E-state index contributed by atoms with van der Waals surface area (Å²) in [7, 11) is -3.70. The monoisotopic (exact) mass is 438 g/mol. The van der Waals surface area contributed by atoms with Gasteiger partial charge in [-0.05, 0) is 50.6 Å². The highest BCUT2D eigenvalue weighted by atomic mass is 35.5. The standard InChI is InChI=1S/C21H27ClN2O4S/c1-4-27-18-8-9-20(28-5-2)21(15-18)29(25,26)24-12-10-23(11-13-24)17-7-6-16(3)19(22)14-17/h6-9,14-15H,4-5,10-13H2,1-3H3. The Bertz CT molecular complexity index is 957. The maximum atomic E-state index is 13.3. The molecular weight excluding hydrogens is 412 g/mol. The molecule has 0 spiro atoms. The molecule has 0 N–H and O–H groups in total. The molecule has 1 saturated heterocycles. The lowest BCUT2D eigenvalue weighted by Crippen LogP contribution is -2.48. The van der Waals surface area contributed by atoms with Gasteiger partial charge >= 0.3 is 0 Å². The van der Waals surface area contributed by atoms with E-state index in [-0.39, 0.29) is 4.90 Å². The van der Waals surface area contributed by atoms with Gasteiger partial charge in [-0.1, -0.05) is 17.7 Å². The van der Waals surface area contributed by atoms with Gasteiger partial charge in [0.1, 0.15) is 16.4 Å². The lowest BCUT2D eigenvalue weighted by Gasteiger charge is -2.35. The number of hydrogen-bond acceptors (Lipinski definition) is 5. The fourth-order valence-electron chi connectivity index (χ4n) is 3.33. The van der Waals surface area contributed by atoms with E-state index in [0.717, 1.165) is 11.3 Å². The van der Waals surface area contributed by atoms with Crippen LogP contribution in [0.1, 0.15) is 19.4 Å². The highest BCUT2D eigenvalue weighted by molar-refractivity contribution is 7.89. The molecule has 3 rings (SSSR count). The molecular formula is C21H27ClN2O4S. The summed E-state index contributed by atoms with van der Waals surface area (Å²) < 4.78 is 39.2. The van der Waals surface area contributed by atoms with E-state index in [2.05, 4.69) is 4.90 Å². The Labute approximate surface area is 178 Å². The van der Waals surface area contributed by atoms with Crippen LogP contribution in [-0.4, -0.2) is 52.1 Å². The van der Waals surface area contributed by atoms with Crippen LogP contribution < -0.4 is 14.4 Å². The summed E-state index contributed by atoms with van der Waals surface area (Å²) in [6, 6.07) is 10.9. The second-order valence-corrected chi connectivity index (χ2v) is 9.11. The maximum absolute atomic E-state index is 13.3. The third-order valence-electron chi connectivity index (χ3n) is 4.90. The van der Waals surface area contributed by atoms with Gasteiger partial charge in [-0.2, -0.15) is 4.31 Å². The second-order valence-electron chi connectivity index (χ2n) is 6.80. The first-order chi connectivity index (χ1) is 13.9. The summed E-state index contributed by atoms with van der Waals surface area (Å²) in [5.41, 5.74) is 2.03. The lowest BCUT2D eigenvalue weighted by molar-refractivity contribution is 0.319. The van der Waals surface area contributed by atoms with Crippen molar-refractivity contribution in [2.75, 3.05) is 44.3 Å². The molecule has 0 aliphatic carbocycles. The Morgan fingerprint density at radius 2 is 1.66 bits per heavy atom. The molecule has 0 bridgehead atoms. The van der Waals surface area contributed by atoms with Crippen LogP contribution in [0.5, 0.6) is 11.5 Å². The molecule has 158 valence electrons. The van der Waals surface area contributed by atoms with Crippen molar-refractivity contribution in [2.24, 2.45) is 0 Å². The summed E-state index contributed by atoms with van der Waals surface area (Å²) in [5.74, 6) is 0.867. The van der Waals surface area contributed by atoms with Gasteiger partial charge in [0.15, 0.2) is 0 Å². The summed E-state index contributed by atoms with van der Waals surface area (Å²) in [6.07, 6.45) is 0. The van der Waals surface area contributed by atoms with Crippen molar-refractivity contribution in [2.45, 2.75) is 25.7 Å². The van der Waals surface area contributed by atoms with E-state index < -0.39 is 10.0 Å². The molecule has 1 aliphatic heterocycles. The molecule has 0 radical (unpaired) electrons. The van der Waals surface area contributed by atoms with E-state index in [9.17, 15) is 8.42 Å². The number of anilines is 1. The van der Waals surface area contributed by atoms with Gasteiger partial charge in [0.2, 0.25) is 10.0 Å². The molecule has 0 atom stereocenters. The first kappa shape index (κ1) is 21.7. The molecule has 0 amide bonds. The minimum atomic E-state index is -3.70. The second kappa shape index (κ2) is 9.24. The van der Waals surface area contributed by atoms with Crippen molar-refractivity contribution >= 4 is 27.3 Å². The van der Waals surface area contributed by atoms with E-state index in [4.69, 9.17) is 21.1 Å². The number of piperazine rings is 1. The zero-order valence-electron chi connectivity index (χ0n) is 17.0. The highest BCUT2D eigenvalue weighted by Gasteiger charge is 2.31. The number of halogens is 1. The summed E-state index contributed by atoms with van der Waals surface area (Å²) in [4.78, 5) is 2.30. The Balaban J connectivity index is 1.80. The summed E-state index contributed by atoms with van der Waals surface area (Å²) in [6.45, 7) is 8.46. The minimum absolute atomic E-state index is 0.150. The Morgan fingerprint density at radius 1 is 0.966 bits per heavy atom. The zero-order valence-corrected chi connectivity index (χ0v) is 18.6. The minimum Gasteiger partial charge on any atom is -0.494 e. The fraction of sp³-hybridized carbons (Fsp3) is 0.429. The maximum Gasteiger partial charge on any atom is 0.247 e. The molecule has 1 heterocycles. The van der Waals surface area contributed by atoms with Crippen LogP contribution in [0.25, 0.3) is 0 Å². The van der Waals surface area contributed by atoms with Crippen LogP contribution in [0, 0.1) is 6.92 Å². The largest absolute Gasteiger partial charge is 0.494 e. The third kappa shape index (κ3) is 4.79. The van der Waals surface area contributed by atoms with Crippen molar-refractivity contribution < 1.29 is 17.9 Å². The number of benzene rings is 2. The Kier molecular flexibility index (Phi) is 6.93. The summed E-state index contributed by atoms with van der Waals surface area (Å²) in [5, 5.41) is 0.714. The molecule has 1 aliphatic rings. The van der Waals surface area contributed by atoms with E-state index in [1.807, 2.05) is 39.0 Å². The van der Waals surface area contributed by atoms with Gasteiger partial charge in [0.25, 0.3) is 0 Å². The number of ether oxygens (including phenoxy) is 2. The van der Waals surface area contributed by atoms with Gasteiger partial charge in [-0.25, -0.2) is 8.42 Å². The molecule has 6 nitrogen and oxygen atoms in total. The molecule has 8 heteroatoms. The van der Waals surface area contributed by atoms with Crippen LogP contribution in [0.4, 0.5) is 5.69 Å². The number of nitrogens with zero attached hydrogens (tertiary/aromatic N) is 2. The zero-order chi connectivity index (χ0) is 21.0. The predicted molar refractivity (Wildman–Crippen MR) is 116 cm³/mol. The Morgan fingerprint density at radius 3 is 2.28 bits per heavy atom. The van der Waals surface area contributed by atoms with Crippen molar-refractivity contribution in [3.8, 4) is 11.5 Å². The molecule has 29 heavy (non-hydrogen) atoms. The van der Waals surface area contributed by atoms with Crippen molar-refractivity contribution in [1.29, 1.82) is 0 Å². The van der Waals surface area contributed by atoms with Crippen molar-refractivity contribution in [3.63, 3.8) is 0 Å². The van der Waals surface area contributed by atoms with Crippen LogP contribution >= 0.6 is 11.6 Å². The van der Waals surface area contributed by atoms with E-state index in [0.29, 0.717) is 55.9 Å². The van der Waals surface area contributed by atoms with E-state index >= 15 is 0 Å².